The van der Waals surface area contributed by atoms with Gasteiger partial charge in [-0.3, -0.25) is 19.1 Å². The van der Waals surface area contributed by atoms with Crippen LogP contribution in [-0.2, 0) is 20.5 Å². The number of ether oxygens (including phenoxy) is 1. The predicted octanol–water partition coefficient (Wildman–Crippen LogP) is 8.42. The number of carbonyl (C=O) groups is 3. The van der Waals surface area contributed by atoms with Crippen molar-refractivity contribution in [1.29, 1.82) is 0 Å². The van der Waals surface area contributed by atoms with E-state index < -0.39 is 92.5 Å². The van der Waals surface area contributed by atoms with Crippen molar-refractivity contribution in [1.82, 2.24) is 0 Å². The fourth-order valence-corrected chi connectivity index (χ4v) is 5.48. The molecule has 1 aliphatic carbocycles. The molecular weight excluding hydrogens is 720 g/mol. The van der Waals surface area contributed by atoms with Crippen LogP contribution in [0, 0.1) is 23.4 Å². The zero-order valence-electron chi connectivity index (χ0n) is 23.0. The molecule has 0 radical (unpaired) electrons. The van der Waals surface area contributed by atoms with Crippen LogP contribution in [0.15, 0.2) is 48.5 Å². The van der Waals surface area contributed by atoms with Gasteiger partial charge in [0.2, 0.25) is 5.91 Å². The van der Waals surface area contributed by atoms with Crippen LogP contribution in [-0.4, -0.2) is 34.5 Å². The lowest BCUT2D eigenvalue weighted by Crippen LogP contribution is -2.33. The number of nitrogens with one attached hydrogen (secondary N) is 3. The van der Waals surface area contributed by atoms with E-state index in [0.29, 0.717) is 19.1 Å². The number of amides is 3. The van der Waals surface area contributed by atoms with Gasteiger partial charge in [-0.05, 0) is 61.0 Å². The molecule has 0 aliphatic heterocycles. The summed E-state index contributed by atoms with van der Waals surface area (Å²) in [5.74, 6) is -10.5. The second-order valence-corrected chi connectivity index (χ2v) is 11.9. The third-order valence-electron chi connectivity index (χ3n) is 6.69. The lowest BCUT2D eigenvalue weighted by atomic mass is 10.0. The number of anilines is 3. The van der Waals surface area contributed by atoms with Crippen LogP contribution in [0.4, 0.5) is 56.6 Å². The molecule has 3 N–H and O–H groups in total. The molecule has 2 unspecified atom stereocenters. The summed E-state index contributed by atoms with van der Waals surface area (Å²) in [4.78, 5) is 38.0. The molecule has 3 amide bonds. The van der Waals surface area contributed by atoms with Crippen LogP contribution in [0.3, 0.4) is 0 Å². The highest BCUT2D eigenvalue weighted by atomic mass is 35.5. The Bertz CT molecular complexity index is 1750. The van der Waals surface area contributed by atoms with E-state index >= 15 is 4.39 Å². The zero-order valence-corrected chi connectivity index (χ0v) is 25.3. The van der Waals surface area contributed by atoms with Gasteiger partial charge in [0.1, 0.15) is 27.8 Å². The van der Waals surface area contributed by atoms with Crippen molar-refractivity contribution in [2.45, 2.75) is 35.8 Å². The van der Waals surface area contributed by atoms with Crippen LogP contribution < -0.4 is 16.0 Å². The molecule has 1 aliphatic rings. The van der Waals surface area contributed by atoms with Crippen LogP contribution in [0.5, 0.6) is 0 Å². The quantitative estimate of drug-likeness (QED) is 0.160. The number of hydrogen-bond acceptors (Lipinski definition) is 4. The fraction of sp³-hybridized carbons (Fsp3) is 0.250. The maximum absolute atomic E-state index is 15.0. The fourth-order valence-electron chi connectivity index (χ4n) is 4.45. The van der Waals surface area contributed by atoms with Crippen LogP contribution in [0.1, 0.15) is 34.3 Å². The summed E-state index contributed by atoms with van der Waals surface area (Å²) in [5, 5.41) is 5.77. The largest absolute Gasteiger partial charge is 0.523 e. The van der Waals surface area contributed by atoms with E-state index in [9.17, 15) is 49.5 Å². The molecule has 3 aromatic carbocycles. The Hall–Kier alpha value is -3.73. The van der Waals surface area contributed by atoms with E-state index in [1.807, 2.05) is 5.32 Å². The van der Waals surface area contributed by atoms with E-state index in [2.05, 4.69) is 10.1 Å². The molecule has 1 fully saturated rings. The van der Waals surface area contributed by atoms with E-state index in [1.54, 1.807) is 5.32 Å². The third-order valence-corrected chi connectivity index (χ3v) is 7.96. The maximum atomic E-state index is 15.0. The van der Waals surface area contributed by atoms with Gasteiger partial charge in [-0.15, -0.1) is 36.4 Å². The SMILES string of the molecule is CC(OC(F)(F)F)C(=O)Nc1c(F)ccc(NC(=O)c2cc(NC(=O)[C@H]3C(c4cc(F)cc(C(F)(F)F)c4)C3(Cl)Cl)ccc2Cl)c1F. The van der Waals surface area contributed by atoms with Crippen molar-refractivity contribution in [3.8, 4) is 0 Å². The molecule has 7 nitrogen and oxygen atoms in total. The molecule has 0 aromatic heterocycles. The average Bonchev–Trinajstić information content (AvgIpc) is 3.53. The van der Waals surface area contributed by atoms with Crippen LogP contribution >= 0.6 is 34.8 Å². The molecule has 4 rings (SSSR count). The average molecular weight is 737 g/mol. The van der Waals surface area contributed by atoms with Gasteiger partial charge in [0.05, 0.1) is 27.8 Å². The Morgan fingerprint density at radius 2 is 1.55 bits per heavy atom. The molecule has 252 valence electrons. The van der Waals surface area contributed by atoms with E-state index in [4.69, 9.17) is 34.8 Å². The first kappa shape index (κ1) is 36.1. The van der Waals surface area contributed by atoms with Gasteiger partial charge < -0.3 is 16.0 Å². The normalized spacial score (nSPS) is 17.9. The van der Waals surface area contributed by atoms with Crippen molar-refractivity contribution in [3.63, 3.8) is 0 Å². The van der Waals surface area contributed by atoms with Gasteiger partial charge >= 0.3 is 12.5 Å². The van der Waals surface area contributed by atoms with Crippen molar-refractivity contribution in [3.05, 3.63) is 87.7 Å². The predicted molar refractivity (Wildman–Crippen MR) is 152 cm³/mol. The highest BCUT2D eigenvalue weighted by Gasteiger charge is 2.67. The molecule has 0 spiro atoms. The second-order valence-electron chi connectivity index (χ2n) is 10.0. The lowest BCUT2D eigenvalue weighted by molar-refractivity contribution is -0.335. The Morgan fingerprint density at radius 1 is 0.894 bits per heavy atom. The molecule has 19 heteroatoms. The van der Waals surface area contributed by atoms with Crippen molar-refractivity contribution >= 4 is 69.6 Å². The molecule has 3 aromatic rings. The number of benzene rings is 3. The highest BCUT2D eigenvalue weighted by Crippen LogP contribution is 2.65. The first-order valence-electron chi connectivity index (χ1n) is 12.8. The number of halogens is 12. The summed E-state index contributed by atoms with van der Waals surface area (Å²) in [6.45, 7) is 0.673. The second kappa shape index (κ2) is 13.1. The zero-order chi connectivity index (χ0) is 35.2. The Kier molecular flexibility index (Phi) is 10.0. The highest BCUT2D eigenvalue weighted by molar-refractivity contribution is 6.53. The summed E-state index contributed by atoms with van der Waals surface area (Å²) >= 11 is 18.4. The van der Waals surface area contributed by atoms with Gasteiger partial charge in [-0.25, -0.2) is 13.2 Å². The topological polar surface area (TPSA) is 96.5 Å². The summed E-state index contributed by atoms with van der Waals surface area (Å²) in [6.07, 6.45) is -12.3. The maximum Gasteiger partial charge on any atom is 0.523 e. The molecular formula is C28H17Cl3F9N3O4. The number of rotatable bonds is 8. The molecule has 47 heavy (non-hydrogen) atoms. The van der Waals surface area contributed by atoms with Crippen molar-refractivity contribution in [2.24, 2.45) is 5.92 Å². The van der Waals surface area contributed by atoms with Crippen LogP contribution in [0.2, 0.25) is 5.02 Å². The Labute approximate surface area is 273 Å². The minimum atomic E-state index is -5.23. The van der Waals surface area contributed by atoms with Gasteiger partial charge in [-0.2, -0.15) is 13.2 Å². The van der Waals surface area contributed by atoms with Crippen LogP contribution in [0.25, 0.3) is 0 Å². The van der Waals surface area contributed by atoms with E-state index in [-0.39, 0.29) is 22.3 Å². The third kappa shape index (κ3) is 8.23. The minimum Gasteiger partial charge on any atom is -0.326 e. The Balaban J connectivity index is 1.51. The molecule has 0 heterocycles. The summed E-state index contributed by atoms with van der Waals surface area (Å²) in [5.41, 5.74) is -4.10. The van der Waals surface area contributed by atoms with Gasteiger partial charge in [0, 0.05) is 11.6 Å². The molecule has 1 saturated carbocycles. The van der Waals surface area contributed by atoms with Gasteiger partial charge in [0.25, 0.3) is 11.8 Å². The smallest absolute Gasteiger partial charge is 0.326 e. The molecule has 3 atom stereocenters. The Morgan fingerprint density at radius 3 is 2.17 bits per heavy atom. The molecule has 0 bridgehead atoms. The number of carbonyl (C=O) groups excluding carboxylic acids is 3. The van der Waals surface area contributed by atoms with Gasteiger partial charge in [0.15, 0.2) is 5.82 Å². The standard InChI is InChI=1S/C28H17Cl3F9N3O4/c1-10(47-28(38,39)40)23(44)43-22-17(33)4-5-18(21(22)34)42-24(45)15-9-14(2-3-16(15)29)41-25(46)20-19(26(20,30)31)11-6-12(27(35,36)37)8-13(32)7-11/h2-10,19-20H,1H3,(H,41,46)(H,42,45)(H,43,44)/t10?,19?,20-/m1/s1. The first-order valence-corrected chi connectivity index (χ1v) is 13.9. The minimum absolute atomic E-state index is 0.124. The van der Waals surface area contributed by atoms with Crippen molar-refractivity contribution in [2.75, 3.05) is 16.0 Å². The van der Waals surface area contributed by atoms with Crippen molar-refractivity contribution < 1.29 is 58.6 Å². The van der Waals surface area contributed by atoms with E-state index in [0.717, 1.165) is 24.3 Å². The number of alkyl halides is 8. The number of hydrogen-bond donors (Lipinski definition) is 3. The van der Waals surface area contributed by atoms with E-state index in [1.165, 1.54) is 6.07 Å². The monoisotopic (exact) mass is 735 g/mol. The molecule has 0 saturated heterocycles. The van der Waals surface area contributed by atoms with Gasteiger partial charge in [-0.1, -0.05) is 11.6 Å². The summed E-state index contributed by atoms with van der Waals surface area (Å²) in [7, 11) is 0. The first-order chi connectivity index (χ1) is 21.6. The lowest BCUT2D eigenvalue weighted by Gasteiger charge is -2.17. The summed E-state index contributed by atoms with van der Waals surface area (Å²) in [6, 6.07) is 6.27. The summed E-state index contributed by atoms with van der Waals surface area (Å²) < 4.78 is 122.